The van der Waals surface area contributed by atoms with Crippen LogP contribution in [0.25, 0.3) is 0 Å². The number of hydrogen-bond acceptors (Lipinski definition) is 9. The summed E-state index contributed by atoms with van der Waals surface area (Å²) in [6.07, 6.45) is 2.84. The van der Waals surface area contributed by atoms with E-state index in [1.165, 1.54) is 12.3 Å². The number of morpholine rings is 1. The topological polar surface area (TPSA) is 101 Å². The van der Waals surface area contributed by atoms with Crippen molar-refractivity contribution in [1.29, 1.82) is 0 Å². The van der Waals surface area contributed by atoms with Gasteiger partial charge in [-0.2, -0.15) is 0 Å². The maximum Gasteiger partial charge on any atom is 0.289 e. The standard InChI is InChI=1S/C17H20ClN7O3/c18-14-9-13(25(26)27)11-19-17(14)24-3-1-22(2-4-24)15-10-16(21-12-20-15)23-5-7-28-8-6-23/h9-12H,1-8H2. The van der Waals surface area contributed by atoms with Gasteiger partial charge in [0.15, 0.2) is 0 Å². The Kier molecular flexibility index (Phi) is 5.40. The maximum absolute atomic E-state index is 10.8. The normalized spacial score (nSPS) is 17.7. The molecule has 2 aliphatic heterocycles. The minimum Gasteiger partial charge on any atom is -0.378 e. The van der Waals surface area contributed by atoms with Crippen molar-refractivity contribution in [3.05, 3.63) is 39.8 Å². The Labute approximate surface area is 166 Å². The number of aromatic nitrogens is 3. The molecule has 0 amide bonds. The van der Waals surface area contributed by atoms with E-state index < -0.39 is 4.92 Å². The van der Waals surface area contributed by atoms with Gasteiger partial charge >= 0.3 is 0 Å². The monoisotopic (exact) mass is 405 g/mol. The highest BCUT2D eigenvalue weighted by molar-refractivity contribution is 6.33. The van der Waals surface area contributed by atoms with Crippen molar-refractivity contribution in [2.45, 2.75) is 0 Å². The molecule has 2 aromatic rings. The quantitative estimate of drug-likeness (QED) is 0.554. The molecule has 2 aromatic heterocycles. The Hall–Kier alpha value is -2.72. The predicted octanol–water partition coefficient (Wildman–Crippen LogP) is 1.60. The molecule has 4 heterocycles. The lowest BCUT2D eigenvalue weighted by atomic mass is 10.3. The third-order valence-corrected chi connectivity index (χ3v) is 5.17. The van der Waals surface area contributed by atoms with Crippen molar-refractivity contribution in [2.75, 3.05) is 67.2 Å². The van der Waals surface area contributed by atoms with Crippen LogP contribution in [-0.2, 0) is 4.74 Å². The second-order valence-electron chi connectivity index (χ2n) is 6.56. The van der Waals surface area contributed by atoms with Crippen LogP contribution < -0.4 is 14.7 Å². The molecule has 0 aliphatic carbocycles. The molecule has 0 bridgehead atoms. The summed E-state index contributed by atoms with van der Waals surface area (Å²) in [6.45, 7) is 5.96. The average Bonchev–Trinajstić information content (AvgIpc) is 2.74. The Morgan fingerprint density at radius 2 is 1.54 bits per heavy atom. The molecule has 148 valence electrons. The molecule has 0 radical (unpaired) electrons. The van der Waals surface area contributed by atoms with E-state index >= 15 is 0 Å². The van der Waals surface area contributed by atoms with Crippen LogP contribution in [0.1, 0.15) is 0 Å². The molecule has 2 fully saturated rings. The molecule has 0 saturated carbocycles. The molecule has 0 unspecified atom stereocenters. The van der Waals surface area contributed by atoms with Crippen LogP contribution in [0.2, 0.25) is 5.02 Å². The largest absolute Gasteiger partial charge is 0.378 e. The number of ether oxygens (including phenoxy) is 1. The molecule has 0 spiro atoms. The number of piperazine rings is 1. The molecular weight excluding hydrogens is 386 g/mol. The van der Waals surface area contributed by atoms with Gasteiger partial charge in [-0.1, -0.05) is 11.6 Å². The van der Waals surface area contributed by atoms with E-state index in [1.54, 1.807) is 6.33 Å². The summed E-state index contributed by atoms with van der Waals surface area (Å²) in [7, 11) is 0. The first-order valence-electron chi connectivity index (χ1n) is 9.06. The predicted molar refractivity (Wildman–Crippen MR) is 105 cm³/mol. The molecule has 11 heteroatoms. The minimum atomic E-state index is -0.498. The van der Waals surface area contributed by atoms with Crippen LogP contribution >= 0.6 is 11.6 Å². The summed E-state index contributed by atoms with van der Waals surface area (Å²) >= 11 is 6.21. The second kappa shape index (κ2) is 8.11. The summed E-state index contributed by atoms with van der Waals surface area (Å²) in [5.74, 6) is 2.37. The Morgan fingerprint density at radius 1 is 0.929 bits per heavy atom. The van der Waals surface area contributed by atoms with Crippen molar-refractivity contribution in [3.8, 4) is 0 Å². The molecule has 4 rings (SSSR count). The fraction of sp³-hybridized carbons (Fsp3) is 0.471. The first kappa shape index (κ1) is 18.6. The van der Waals surface area contributed by atoms with Crippen LogP contribution in [0, 0.1) is 10.1 Å². The molecule has 10 nitrogen and oxygen atoms in total. The van der Waals surface area contributed by atoms with E-state index in [-0.39, 0.29) is 5.69 Å². The highest BCUT2D eigenvalue weighted by atomic mass is 35.5. The van der Waals surface area contributed by atoms with Crippen molar-refractivity contribution in [1.82, 2.24) is 15.0 Å². The second-order valence-corrected chi connectivity index (χ2v) is 6.97. The number of pyridine rings is 1. The number of halogens is 1. The van der Waals surface area contributed by atoms with Gasteiger partial charge in [-0.3, -0.25) is 10.1 Å². The van der Waals surface area contributed by atoms with Gasteiger partial charge in [-0.05, 0) is 0 Å². The van der Waals surface area contributed by atoms with E-state index in [1.807, 2.05) is 11.0 Å². The zero-order chi connectivity index (χ0) is 19.5. The average molecular weight is 406 g/mol. The summed E-state index contributed by atoms with van der Waals surface area (Å²) in [6, 6.07) is 3.35. The van der Waals surface area contributed by atoms with Crippen LogP contribution in [0.3, 0.4) is 0 Å². The third kappa shape index (κ3) is 3.92. The SMILES string of the molecule is O=[N+]([O-])c1cnc(N2CCN(c3cc(N4CCOCC4)ncn3)CC2)c(Cl)c1. The van der Waals surface area contributed by atoms with Gasteiger partial charge in [0.05, 0.1) is 23.2 Å². The Morgan fingerprint density at radius 3 is 2.14 bits per heavy atom. The van der Waals surface area contributed by atoms with Gasteiger partial charge in [-0.15, -0.1) is 0 Å². The van der Waals surface area contributed by atoms with Crippen molar-refractivity contribution < 1.29 is 9.66 Å². The van der Waals surface area contributed by atoms with Crippen LogP contribution in [0.5, 0.6) is 0 Å². The molecule has 0 atom stereocenters. The van der Waals surface area contributed by atoms with Crippen LogP contribution in [-0.4, -0.2) is 72.4 Å². The first-order valence-corrected chi connectivity index (χ1v) is 9.44. The molecule has 0 aromatic carbocycles. The fourth-order valence-corrected chi connectivity index (χ4v) is 3.66. The Bertz CT molecular complexity index is 854. The summed E-state index contributed by atoms with van der Waals surface area (Å²) in [4.78, 5) is 29.8. The van der Waals surface area contributed by atoms with Gasteiger partial charge < -0.3 is 19.4 Å². The molecule has 28 heavy (non-hydrogen) atoms. The first-order chi connectivity index (χ1) is 13.6. The number of nitrogens with zero attached hydrogens (tertiary/aromatic N) is 7. The number of anilines is 3. The van der Waals surface area contributed by atoms with Gasteiger partial charge in [0, 0.05) is 51.4 Å². The lowest BCUT2D eigenvalue weighted by Crippen LogP contribution is -2.47. The number of rotatable bonds is 4. The maximum atomic E-state index is 10.8. The lowest BCUT2D eigenvalue weighted by Gasteiger charge is -2.36. The zero-order valence-corrected chi connectivity index (χ0v) is 16.0. The summed E-state index contributed by atoms with van der Waals surface area (Å²) in [5.41, 5.74) is -0.107. The van der Waals surface area contributed by atoms with Gasteiger partial charge in [-0.25, -0.2) is 15.0 Å². The van der Waals surface area contributed by atoms with Crippen LogP contribution in [0.15, 0.2) is 24.7 Å². The van der Waals surface area contributed by atoms with E-state index in [4.69, 9.17) is 16.3 Å². The minimum absolute atomic E-state index is 0.107. The van der Waals surface area contributed by atoms with Gasteiger partial charge in [0.2, 0.25) is 0 Å². The summed E-state index contributed by atoms with van der Waals surface area (Å²) < 4.78 is 5.40. The van der Waals surface area contributed by atoms with Crippen molar-refractivity contribution >= 4 is 34.7 Å². The highest BCUT2D eigenvalue weighted by Crippen LogP contribution is 2.28. The Balaban J connectivity index is 1.42. The number of hydrogen-bond donors (Lipinski definition) is 0. The van der Waals surface area contributed by atoms with Gasteiger partial charge in [0.1, 0.15) is 30.0 Å². The highest BCUT2D eigenvalue weighted by Gasteiger charge is 2.23. The van der Waals surface area contributed by atoms with Crippen molar-refractivity contribution in [3.63, 3.8) is 0 Å². The molecule has 2 saturated heterocycles. The molecule has 2 aliphatic rings. The lowest BCUT2D eigenvalue weighted by molar-refractivity contribution is -0.385. The third-order valence-electron chi connectivity index (χ3n) is 4.89. The summed E-state index contributed by atoms with van der Waals surface area (Å²) in [5, 5.41) is 11.1. The number of nitro groups is 1. The van der Waals surface area contributed by atoms with E-state index in [2.05, 4.69) is 24.8 Å². The molecular formula is C17H20ClN7O3. The van der Waals surface area contributed by atoms with E-state index in [0.29, 0.717) is 37.1 Å². The zero-order valence-electron chi connectivity index (χ0n) is 15.2. The fourth-order valence-electron chi connectivity index (χ4n) is 3.38. The smallest absolute Gasteiger partial charge is 0.289 e. The van der Waals surface area contributed by atoms with E-state index in [9.17, 15) is 10.1 Å². The van der Waals surface area contributed by atoms with Crippen LogP contribution in [0.4, 0.5) is 23.1 Å². The molecule has 0 N–H and O–H groups in total. The van der Waals surface area contributed by atoms with Gasteiger partial charge in [0.25, 0.3) is 5.69 Å². The van der Waals surface area contributed by atoms with E-state index in [0.717, 1.165) is 37.8 Å². The van der Waals surface area contributed by atoms with Crippen molar-refractivity contribution in [2.24, 2.45) is 0 Å².